The summed E-state index contributed by atoms with van der Waals surface area (Å²) in [6.07, 6.45) is 9.05. The van der Waals surface area contributed by atoms with E-state index in [4.69, 9.17) is 0 Å². The molecule has 0 aliphatic rings. The Bertz CT molecular complexity index is 882. The van der Waals surface area contributed by atoms with Crippen LogP contribution in [0, 0.1) is 0 Å². The molecule has 0 atom stereocenters. The van der Waals surface area contributed by atoms with Crippen molar-refractivity contribution in [2.75, 3.05) is 5.32 Å². The molecule has 1 aromatic carbocycles. The van der Waals surface area contributed by atoms with Crippen LogP contribution in [-0.2, 0) is 0 Å². The van der Waals surface area contributed by atoms with E-state index in [-0.39, 0.29) is 0 Å². The molecule has 0 saturated heterocycles. The zero-order valence-electron chi connectivity index (χ0n) is 12.1. The van der Waals surface area contributed by atoms with Gasteiger partial charge in [0.2, 0.25) is 0 Å². The third-order valence-electron chi connectivity index (χ3n) is 3.38. The van der Waals surface area contributed by atoms with Gasteiger partial charge in [0, 0.05) is 47.1 Å². The quantitative estimate of drug-likeness (QED) is 0.614. The highest BCUT2D eigenvalue weighted by Gasteiger charge is 2.05. The van der Waals surface area contributed by atoms with Crippen molar-refractivity contribution in [1.29, 1.82) is 0 Å². The fourth-order valence-electron chi connectivity index (χ4n) is 2.23. The number of pyridine rings is 1. The Morgan fingerprint density at radius 1 is 1.00 bits per heavy atom. The Balaban J connectivity index is 1.51. The summed E-state index contributed by atoms with van der Waals surface area (Å²) in [5.74, 6) is 0. The number of rotatable bonds is 4. The summed E-state index contributed by atoms with van der Waals surface area (Å²) in [7, 11) is 0. The Kier molecular flexibility index (Phi) is 3.57. The summed E-state index contributed by atoms with van der Waals surface area (Å²) in [4.78, 5) is 12.8. The number of aromatic nitrogens is 4. The molecule has 112 valence electrons. The Morgan fingerprint density at radius 2 is 1.91 bits per heavy atom. The molecule has 23 heavy (non-hydrogen) atoms. The monoisotopic (exact) mass is 319 g/mol. The Hall–Kier alpha value is -2.99. The number of hydrogen-bond acceptors (Lipinski definition) is 5. The minimum Gasteiger partial charge on any atom is -0.332 e. The van der Waals surface area contributed by atoms with Gasteiger partial charge in [0.15, 0.2) is 5.13 Å². The van der Waals surface area contributed by atoms with E-state index < -0.39 is 0 Å². The Labute approximate surface area is 137 Å². The van der Waals surface area contributed by atoms with Crippen LogP contribution in [-0.4, -0.2) is 19.5 Å². The van der Waals surface area contributed by atoms with E-state index >= 15 is 0 Å². The second-order valence-corrected chi connectivity index (χ2v) is 5.78. The van der Waals surface area contributed by atoms with Crippen LogP contribution in [0.2, 0.25) is 0 Å². The molecule has 0 aliphatic heterocycles. The molecule has 0 bridgehead atoms. The Morgan fingerprint density at radius 3 is 2.65 bits per heavy atom. The van der Waals surface area contributed by atoms with Crippen LogP contribution in [0.3, 0.4) is 0 Å². The van der Waals surface area contributed by atoms with Crippen molar-refractivity contribution in [3.63, 3.8) is 0 Å². The predicted octanol–water partition coefficient (Wildman–Crippen LogP) is 4.13. The van der Waals surface area contributed by atoms with Crippen LogP contribution in [0.25, 0.3) is 16.9 Å². The van der Waals surface area contributed by atoms with E-state index in [1.165, 1.54) is 0 Å². The average molecular weight is 319 g/mol. The molecule has 3 aromatic heterocycles. The first-order valence-electron chi connectivity index (χ1n) is 7.10. The lowest BCUT2D eigenvalue weighted by atomic mass is 10.2. The molecule has 0 unspecified atom stereocenters. The first-order valence-corrected chi connectivity index (χ1v) is 7.98. The van der Waals surface area contributed by atoms with Gasteiger partial charge in [0.05, 0.1) is 12.0 Å². The molecule has 0 saturated carbocycles. The number of thiazole rings is 1. The van der Waals surface area contributed by atoms with Crippen LogP contribution in [0.5, 0.6) is 0 Å². The largest absolute Gasteiger partial charge is 0.332 e. The molecule has 0 amide bonds. The van der Waals surface area contributed by atoms with Crippen LogP contribution in [0.4, 0.5) is 10.8 Å². The highest BCUT2D eigenvalue weighted by Crippen LogP contribution is 2.26. The second kappa shape index (κ2) is 6.02. The van der Waals surface area contributed by atoms with E-state index in [0.717, 1.165) is 27.8 Å². The predicted molar refractivity (Wildman–Crippen MR) is 92.2 cm³/mol. The van der Waals surface area contributed by atoms with Gasteiger partial charge in [-0.2, -0.15) is 0 Å². The number of imidazole rings is 1. The molecule has 5 nitrogen and oxygen atoms in total. The van der Waals surface area contributed by atoms with E-state index in [2.05, 4.69) is 20.3 Å². The lowest BCUT2D eigenvalue weighted by molar-refractivity contribution is 1.06. The fraction of sp³-hybridized carbons (Fsp3) is 0. The van der Waals surface area contributed by atoms with E-state index in [0.29, 0.717) is 0 Å². The highest BCUT2D eigenvalue weighted by atomic mass is 32.1. The maximum atomic E-state index is 4.60. The van der Waals surface area contributed by atoms with E-state index in [1.807, 2.05) is 58.7 Å². The molecule has 3 heterocycles. The number of hydrogen-bond donors (Lipinski definition) is 1. The van der Waals surface area contributed by atoms with Gasteiger partial charge in [-0.3, -0.25) is 4.98 Å². The zero-order valence-corrected chi connectivity index (χ0v) is 12.9. The third kappa shape index (κ3) is 2.97. The normalized spacial score (nSPS) is 10.6. The minimum atomic E-state index is 0.860. The summed E-state index contributed by atoms with van der Waals surface area (Å²) in [5.41, 5.74) is 4.03. The van der Waals surface area contributed by atoms with Crippen molar-refractivity contribution in [2.45, 2.75) is 0 Å². The van der Waals surface area contributed by atoms with Gasteiger partial charge >= 0.3 is 0 Å². The highest BCUT2D eigenvalue weighted by molar-refractivity contribution is 7.14. The van der Waals surface area contributed by atoms with Gasteiger partial charge in [0.25, 0.3) is 0 Å². The topological polar surface area (TPSA) is 55.6 Å². The summed E-state index contributed by atoms with van der Waals surface area (Å²) in [5, 5.41) is 6.22. The smallest absolute Gasteiger partial charge is 0.187 e. The number of nitrogens with zero attached hydrogens (tertiary/aromatic N) is 4. The maximum absolute atomic E-state index is 4.60. The van der Waals surface area contributed by atoms with Gasteiger partial charge in [0.1, 0.15) is 0 Å². The summed E-state index contributed by atoms with van der Waals surface area (Å²) in [6.45, 7) is 0. The summed E-state index contributed by atoms with van der Waals surface area (Å²) in [6, 6.07) is 12.1. The minimum absolute atomic E-state index is 0.860. The molecule has 0 aliphatic carbocycles. The molecule has 4 rings (SSSR count). The van der Waals surface area contributed by atoms with Crippen molar-refractivity contribution in [3.05, 3.63) is 72.9 Å². The molecule has 6 heteroatoms. The van der Waals surface area contributed by atoms with Crippen molar-refractivity contribution in [1.82, 2.24) is 19.5 Å². The lowest BCUT2D eigenvalue weighted by Gasteiger charge is -2.05. The third-order valence-corrected chi connectivity index (χ3v) is 4.14. The molecule has 0 radical (unpaired) electrons. The SMILES string of the molecule is c1cncc(-c2csc(Nc3ccc(-n4ccnc4)cc3)n2)c1. The maximum Gasteiger partial charge on any atom is 0.187 e. The standard InChI is InChI=1S/C17H13N5S/c1-2-13(10-18-7-1)16-11-23-17(21-16)20-14-3-5-15(6-4-14)22-9-8-19-12-22/h1-12H,(H,20,21). The number of nitrogens with one attached hydrogen (secondary N) is 1. The average Bonchev–Trinajstić information content (AvgIpc) is 3.28. The molecular weight excluding hydrogens is 306 g/mol. The number of anilines is 2. The van der Waals surface area contributed by atoms with Gasteiger partial charge < -0.3 is 9.88 Å². The number of benzene rings is 1. The van der Waals surface area contributed by atoms with Crippen molar-refractivity contribution < 1.29 is 0 Å². The molecular formula is C17H13N5S. The summed E-state index contributed by atoms with van der Waals surface area (Å²) >= 11 is 1.58. The molecule has 1 N–H and O–H groups in total. The van der Waals surface area contributed by atoms with Gasteiger partial charge in [-0.15, -0.1) is 11.3 Å². The van der Waals surface area contributed by atoms with Gasteiger partial charge in [-0.1, -0.05) is 0 Å². The van der Waals surface area contributed by atoms with Crippen LogP contribution < -0.4 is 5.32 Å². The first kappa shape index (κ1) is 13.7. The van der Waals surface area contributed by atoms with Gasteiger partial charge in [-0.25, -0.2) is 9.97 Å². The lowest BCUT2D eigenvalue weighted by Crippen LogP contribution is -1.92. The van der Waals surface area contributed by atoms with Crippen LogP contribution in [0.15, 0.2) is 72.9 Å². The van der Waals surface area contributed by atoms with Crippen molar-refractivity contribution in [2.24, 2.45) is 0 Å². The van der Waals surface area contributed by atoms with Crippen LogP contribution >= 0.6 is 11.3 Å². The van der Waals surface area contributed by atoms with Crippen molar-refractivity contribution in [3.8, 4) is 16.9 Å². The molecule has 0 fully saturated rings. The van der Waals surface area contributed by atoms with E-state index in [1.54, 1.807) is 30.1 Å². The first-order chi connectivity index (χ1) is 11.4. The zero-order chi connectivity index (χ0) is 15.5. The van der Waals surface area contributed by atoms with Crippen LogP contribution in [0.1, 0.15) is 0 Å². The second-order valence-electron chi connectivity index (χ2n) is 4.92. The van der Waals surface area contributed by atoms with Gasteiger partial charge in [-0.05, 0) is 36.4 Å². The fourth-order valence-corrected chi connectivity index (χ4v) is 2.97. The summed E-state index contributed by atoms with van der Waals surface area (Å²) < 4.78 is 1.97. The van der Waals surface area contributed by atoms with Crippen molar-refractivity contribution >= 4 is 22.2 Å². The molecule has 0 spiro atoms. The molecule has 4 aromatic rings. The van der Waals surface area contributed by atoms with E-state index in [9.17, 15) is 0 Å².